The van der Waals surface area contributed by atoms with Crippen LogP contribution in [-0.2, 0) is 11.2 Å². The monoisotopic (exact) mass is 212 g/mol. The van der Waals surface area contributed by atoms with E-state index in [-0.39, 0.29) is 18.9 Å². The molecule has 15 heavy (non-hydrogen) atoms. The summed E-state index contributed by atoms with van der Waals surface area (Å²) in [4.78, 5) is 28.7. The number of nitrogens with zero attached hydrogens (tertiary/aromatic N) is 1. The standard InChI is InChI=1S/C9H12N2O4/c1-5-6(3-4-12)8(13)11-7(10-5)9(14)15-2/h12H,3-4H2,1-2H3,(H,10,11,13). The van der Waals surface area contributed by atoms with E-state index < -0.39 is 11.5 Å². The third-order valence-electron chi connectivity index (χ3n) is 1.96. The van der Waals surface area contributed by atoms with Gasteiger partial charge in [-0.15, -0.1) is 0 Å². The Hall–Kier alpha value is -1.69. The molecule has 0 atom stereocenters. The first-order valence-corrected chi connectivity index (χ1v) is 4.39. The molecule has 1 rings (SSSR count). The molecule has 0 aliphatic rings. The Morgan fingerprint density at radius 2 is 2.27 bits per heavy atom. The van der Waals surface area contributed by atoms with Crippen molar-refractivity contribution >= 4 is 5.97 Å². The van der Waals surface area contributed by atoms with E-state index in [1.807, 2.05) is 0 Å². The predicted octanol–water partition coefficient (Wildman–Crippen LogP) is -0.600. The number of carbonyl (C=O) groups is 1. The molecule has 0 unspecified atom stereocenters. The van der Waals surface area contributed by atoms with Gasteiger partial charge in [0.2, 0.25) is 5.82 Å². The SMILES string of the molecule is COC(=O)c1nc(C)c(CCO)c(=O)[nH]1. The summed E-state index contributed by atoms with van der Waals surface area (Å²) in [5.74, 6) is -0.813. The summed E-state index contributed by atoms with van der Waals surface area (Å²) >= 11 is 0. The summed E-state index contributed by atoms with van der Waals surface area (Å²) in [6.45, 7) is 1.47. The summed E-state index contributed by atoms with van der Waals surface area (Å²) in [6, 6.07) is 0. The number of H-pyrrole nitrogens is 1. The number of esters is 1. The van der Waals surface area contributed by atoms with Gasteiger partial charge in [0.25, 0.3) is 5.56 Å². The number of methoxy groups -OCH3 is 1. The van der Waals surface area contributed by atoms with Crippen molar-refractivity contribution in [2.75, 3.05) is 13.7 Å². The first-order chi connectivity index (χ1) is 7.10. The smallest absolute Gasteiger partial charge is 0.374 e. The maximum atomic E-state index is 11.5. The second-order valence-corrected chi connectivity index (χ2v) is 2.94. The lowest BCUT2D eigenvalue weighted by molar-refractivity contribution is 0.0586. The van der Waals surface area contributed by atoms with Gasteiger partial charge in [-0.3, -0.25) is 4.79 Å². The Balaban J connectivity index is 3.19. The van der Waals surface area contributed by atoms with Crippen molar-refractivity contribution in [3.05, 3.63) is 27.4 Å². The maximum absolute atomic E-state index is 11.5. The summed E-state index contributed by atoms with van der Waals surface area (Å²) in [7, 11) is 1.21. The van der Waals surface area contributed by atoms with Crippen LogP contribution in [0.1, 0.15) is 21.9 Å². The van der Waals surface area contributed by atoms with Gasteiger partial charge >= 0.3 is 5.97 Å². The molecule has 0 aliphatic heterocycles. The molecule has 0 amide bonds. The van der Waals surface area contributed by atoms with Crippen LogP contribution >= 0.6 is 0 Å². The van der Waals surface area contributed by atoms with Crippen LogP contribution in [0, 0.1) is 6.92 Å². The Morgan fingerprint density at radius 1 is 1.60 bits per heavy atom. The zero-order valence-electron chi connectivity index (χ0n) is 8.53. The topological polar surface area (TPSA) is 92.3 Å². The first-order valence-electron chi connectivity index (χ1n) is 4.39. The van der Waals surface area contributed by atoms with E-state index in [0.717, 1.165) is 0 Å². The third-order valence-corrected chi connectivity index (χ3v) is 1.96. The lowest BCUT2D eigenvalue weighted by Crippen LogP contribution is -2.22. The van der Waals surface area contributed by atoms with Gasteiger partial charge in [-0.05, 0) is 6.92 Å². The lowest BCUT2D eigenvalue weighted by Gasteiger charge is -2.04. The zero-order valence-corrected chi connectivity index (χ0v) is 8.53. The fourth-order valence-electron chi connectivity index (χ4n) is 1.21. The number of aliphatic hydroxyl groups excluding tert-OH is 1. The molecule has 2 N–H and O–H groups in total. The van der Waals surface area contributed by atoms with Crippen molar-refractivity contribution in [1.82, 2.24) is 9.97 Å². The predicted molar refractivity (Wildman–Crippen MR) is 51.7 cm³/mol. The maximum Gasteiger partial charge on any atom is 0.374 e. The number of rotatable bonds is 3. The Bertz CT molecular complexity index is 425. The second kappa shape index (κ2) is 4.70. The Kier molecular flexibility index (Phi) is 3.56. The second-order valence-electron chi connectivity index (χ2n) is 2.94. The van der Waals surface area contributed by atoms with Crippen LogP contribution < -0.4 is 5.56 Å². The van der Waals surface area contributed by atoms with Gasteiger partial charge in [0.05, 0.1) is 7.11 Å². The minimum atomic E-state index is -0.689. The number of aryl methyl sites for hydroxylation is 1. The van der Waals surface area contributed by atoms with Crippen molar-refractivity contribution in [3.63, 3.8) is 0 Å². The summed E-state index contributed by atoms with van der Waals surface area (Å²) in [5, 5.41) is 8.72. The molecule has 0 fully saturated rings. The zero-order chi connectivity index (χ0) is 11.4. The largest absolute Gasteiger partial charge is 0.463 e. The average molecular weight is 212 g/mol. The molecule has 1 aromatic heterocycles. The Labute approximate surface area is 85.9 Å². The van der Waals surface area contributed by atoms with Crippen LogP contribution in [0.4, 0.5) is 0 Å². The van der Waals surface area contributed by atoms with Crippen molar-refractivity contribution < 1.29 is 14.6 Å². The van der Waals surface area contributed by atoms with E-state index >= 15 is 0 Å². The molecule has 0 aliphatic carbocycles. The van der Waals surface area contributed by atoms with Gasteiger partial charge in [0.1, 0.15) is 0 Å². The minimum absolute atomic E-state index is 0.123. The molecule has 1 aromatic rings. The van der Waals surface area contributed by atoms with Crippen molar-refractivity contribution in [3.8, 4) is 0 Å². The molecule has 6 nitrogen and oxygen atoms in total. The number of hydrogen-bond acceptors (Lipinski definition) is 5. The quantitative estimate of drug-likeness (QED) is 0.653. The van der Waals surface area contributed by atoms with Crippen molar-refractivity contribution in [1.29, 1.82) is 0 Å². The fraction of sp³-hybridized carbons (Fsp3) is 0.444. The van der Waals surface area contributed by atoms with E-state index in [1.165, 1.54) is 7.11 Å². The van der Waals surface area contributed by atoms with E-state index in [1.54, 1.807) is 6.92 Å². The summed E-state index contributed by atoms with van der Waals surface area (Å²) < 4.78 is 4.43. The molecule has 0 radical (unpaired) electrons. The minimum Gasteiger partial charge on any atom is -0.463 e. The van der Waals surface area contributed by atoms with Crippen molar-refractivity contribution in [2.45, 2.75) is 13.3 Å². The molecular weight excluding hydrogens is 200 g/mol. The fourth-order valence-corrected chi connectivity index (χ4v) is 1.21. The van der Waals surface area contributed by atoms with E-state index in [9.17, 15) is 9.59 Å². The van der Waals surface area contributed by atoms with Crippen LogP contribution in [0.2, 0.25) is 0 Å². The molecule has 0 spiro atoms. The summed E-state index contributed by atoms with van der Waals surface area (Å²) in [6.07, 6.45) is 0.218. The van der Waals surface area contributed by atoms with Crippen LogP contribution in [-0.4, -0.2) is 34.8 Å². The van der Waals surface area contributed by atoms with Gasteiger partial charge in [0.15, 0.2) is 0 Å². The number of aromatic nitrogens is 2. The van der Waals surface area contributed by atoms with Crippen LogP contribution in [0.15, 0.2) is 4.79 Å². The highest BCUT2D eigenvalue weighted by atomic mass is 16.5. The number of hydrogen-bond donors (Lipinski definition) is 2. The van der Waals surface area contributed by atoms with Gasteiger partial charge in [-0.1, -0.05) is 0 Å². The Morgan fingerprint density at radius 3 is 2.73 bits per heavy atom. The van der Waals surface area contributed by atoms with Crippen LogP contribution in [0.25, 0.3) is 0 Å². The van der Waals surface area contributed by atoms with E-state index in [4.69, 9.17) is 5.11 Å². The number of ether oxygens (including phenoxy) is 1. The van der Waals surface area contributed by atoms with E-state index in [0.29, 0.717) is 11.3 Å². The normalized spacial score (nSPS) is 10.1. The highest BCUT2D eigenvalue weighted by molar-refractivity contribution is 5.84. The molecule has 0 saturated carbocycles. The first kappa shape index (κ1) is 11.4. The molecule has 0 saturated heterocycles. The van der Waals surface area contributed by atoms with Crippen LogP contribution in [0.3, 0.4) is 0 Å². The van der Waals surface area contributed by atoms with Gasteiger partial charge in [-0.25, -0.2) is 9.78 Å². The molecule has 82 valence electrons. The average Bonchev–Trinajstić information content (AvgIpc) is 2.22. The third kappa shape index (κ3) is 2.41. The molecule has 0 bridgehead atoms. The lowest BCUT2D eigenvalue weighted by atomic mass is 10.2. The van der Waals surface area contributed by atoms with Gasteiger partial charge in [0, 0.05) is 24.3 Å². The molecule has 0 aromatic carbocycles. The number of nitrogens with one attached hydrogen (secondary N) is 1. The number of carbonyl (C=O) groups excluding carboxylic acids is 1. The van der Waals surface area contributed by atoms with Crippen molar-refractivity contribution in [2.24, 2.45) is 0 Å². The molecular formula is C9H12N2O4. The molecule has 6 heteroatoms. The van der Waals surface area contributed by atoms with Gasteiger partial charge in [-0.2, -0.15) is 0 Å². The van der Waals surface area contributed by atoms with E-state index in [2.05, 4.69) is 14.7 Å². The summed E-state index contributed by atoms with van der Waals surface area (Å²) in [5.41, 5.74) is 0.385. The molecule has 1 heterocycles. The highest BCUT2D eigenvalue weighted by Gasteiger charge is 2.13. The number of aromatic amines is 1. The highest BCUT2D eigenvalue weighted by Crippen LogP contribution is 2.00. The van der Waals surface area contributed by atoms with Crippen LogP contribution in [0.5, 0.6) is 0 Å². The number of aliphatic hydroxyl groups is 1. The van der Waals surface area contributed by atoms with Gasteiger partial charge < -0.3 is 14.8 Å².